The van der Waals surface area contributed by atoms with Crippen LogP contribution in [0.2, 0.25) is 0 Å². The maximum Gasteiger partial charge on any atom is 0.0237 e. The van der Waals surface area contributed by atoms with Gasteiger partial charge in [-0.05, 0) is 32.0 Å². The predicted molar refractivity (Wildman–Crippen MR) is 68.5 cm³/mol. The smallest absolute Gasteiger partial charge is 0.0237 e. The van der Waals surface area contributed by atoms with Crippen LogP contribution >= 0.6 is 0 Å². The van der Waals surface area contributed by atoms with Crippen LogP contribution in [-0.4, -0.2) is 30.6 Å². The van der Waals surface area contributed by atoms with Gasteiger partial charge < -0.3 is 5.32 Å². The molecular formula is C14H22N2. The average molecular weight is 218 g/mol. The van der Waals surface area contributed by atoms with Crippen molar-refractivity contribution in [2.75, 3.05) is 19.6 Å². The lowest BCUT2D eigenvalue weighted by atomic mass is 10.1. The second-order valence-electron chi connectivity index (χ2n) is 4.70. The van der Waals surface area contributed by atoms with Crippen LogP contribution in [0.4, 0.5) is 0 Å². The van der Waals surface area contributed by atoms with E-state index in [1.165, 1.54) is 24.1 Å². The third kappa shape index (κ3) is 2.83. The van der Waals surface area contributed by atoms with Gasteiger partial charge >= 0.3 is 0 Å². The van der Waals surface area contributed by atoms with E-state index in [1.807, 2.05) is 0 Å². The fourth-order valence-corrected chi connectivity index (χ4v) is 2.38. The predicted octanol–water partition coefficient (Wildman–Crippen LogP) is 2.18. The molecule has 1 fully saturated rings. The summed E-state index contributed by atoms with van der Waals surface area (Å²) in [6, 6.07) is 9.64. The molecule has 2 rings (SSSR count). The molecule has 1 aromatic rings. The van der Waals surface area contributed by atoms with Crippen LogP contribution in [0.1, 0.15) is 24.5 Å². The van der Waals surface area contributed by atoms with Gasteiger partial charge in [0.1, 0.15) is 0 Å². The number of benzene rings is 1. The minimum absolute atomic E-state index is 0.728. The van der Waals surface area contributed by atoms with Crippen molar-refractivity contribution >= 4 is 0 Å². The molecule has 1 heterocycles. The number of nitrogens with one attached hydrogen (secondary N) is 1. The molecule has 0 aromatic heterocycles. The highest BCUT2D eigenvalue weighted by molar-refractivity contribution is 5.21. The van der Waals surface area contributed by atoms with E-state index in [1.54, 1.807) is 0 Å². The summed E-state index contributed by atoms with van der Waals surface area (Å²) in [5.74, 6) is 0. The maximum atomic E-state index is 3.44. The zero-order valence-corrected chi connectivity index (χ0v) is 10.4. The van der Waals surface area contributed by atoms with Gasteiger partial charge in [0.05, 0.1) is 0 Å². The van der Waals surface area contributed by atoms with Crippen molar-refractivity contribution < 1.29 is 0 Å². The Labute approximate surface area is 98.7 Å². The molecule has 0 spiro atoms. The Morgan fingerprint density at radius 2 is 2.06 bits per heavy atom. The van der Waals surface area contributed by atoms with Gasteiger partial charge in [-0.3, -0.25) is 4.90 Å². The molecule has 1 atom stereocenters. The van der Waals surface area contributed by atoms with E-state index in [2.05, 4.69) is 48.3 Å². The zero-order valence-electron chi connectivity index (χ0n) is 10.4. The lowest BCUT2D eigenvalue weighted by Crippen LogP contribution is -2.36. The summed E-state index contributed by atoms with van der Waals surface area (Å²) < 4.78 is 0. The van der Waals surface area contributed by atoms with Crippen molar-refractivity contribution in [2.24, 2.45) is 0 Å². The van der Waals surface area contributed by atoms with Gasteiger partial charge in [0.25, 0.3) is 0 Å². The van der Waals surface area contributed by atoms with E-state index < -0.39 is 0 Å². The number of likely N-dealkylation sites (N-methyl/N-ethyl adjacent to an activating group) is 1. The molecule has 2 heteroatoms. The van der Waals surface area contributed by atoms with E-state index in [-0.39, 0.29) is 0 Å². The number of hydrogen-bond donors (Lipinski definition) is 1. The summed E-state index contributed by atoms with van der Waals surface area (Å²) in [6.45, 7) is 8.95. The molecule has 88 valence electrons. The third-order valence-electron chi connectivity index (χ3n) is 3.46. The molecule has 1 N–H and O–H groups in total. The highest BCUT2D eigenvalue weighted by atomic mass is 15.2. The second kappa shape index (κ2) is 5.46. The van der Waals surface area contributed by atoms with Crippen LogP contribution in [0.15, 0.2) is 24.3 Å². The molecule has 1 aromatic carbocycles. The highest BCUT2D eigenvalue weighted by Gasteiger charge is 2.20. The topological polar surface area (TPSA) is 15.3 Å². The normalized spacial score (nSPS) is 20.6. The maximum absolute atomic E-state index is 3.44. The van der Waals surface area contributed by atoms with E-state index in [4.69, 9.17) is 0 Å². The van der Waals surface area contributed by atoms with Crippen LogP contribution in [0.25, 0.3) is 0 Å². The Bertz CT molecular complexity index is 312. The summed E-state index contributed by atoms with van der Waals surface area (Å²) in [6.07, 6.45) is 1.29. The molecule has 1 unspecified atom stereocenters. The van der Waals surface area contributed by atoms with Crippen molar-refractivity contribution in [1.29, 1.82) is 0 Å². The molecular weight excluding hydrogens is 196 g/mol. The molecule has 16 heavy (non-hydrogen) atoms. The van der Waals surface area contributed by atoms with E-state index in [0.29, 0.717) is 0 Å². The second-order valence-corrected chi connectivity index (χ2v) is 4.70. The Kier molecular flexibility index (Phi) is 3.97. The highest BCUT2D eigenvalue weighted by Crippen LogP contribution is 2.13. The SMILES string of the molecule is CCN(Cc1ccc(C)cc1)C1CCNC1. The van der Waals surface area contributed by atoms with E-state index in [0.717, 1.165) is 25.7 Å². The first-order valence-electron chi connectivity index (χ1n) is 6.30. The third-order valence-corrected chi connectivity index (χ3v) is 3.46. The standard InChI is InChI=1S/C14H22N2/c1-3-16(14-8-9-15-10-14)11-13-6-4-12(2)5-7-13/h4-7,14-15H,3,8-11H2,1-2H3. The first-order valence-corrected chi connectivity index (χ1v) is 6.30. The number of nitrogens with zero attached hydrogens (tertiary/aromatic N) is 1. The van der Waals surface area contributed by atoms with E-state index >= 15 is 0 Å². The Hall–Kier alpha value is -0.860. The van der Waals surface area contributed by atoms with Crippen molar-refractivity contribution in [3.8, 4) is 0 Å². The lowest BCUT2D eigenvalue weighted by molar-refractivity contribution is 0.210. The number of rotatable bonds is 4. The molecule has 1 aliphatic heterocycles. The summed E-state index contributed by atoms with van der Waals surface area (Å²) >= 11 is 0. The molecule has 0 bridgehead atoms. The van der Waals surface area contributed by atoms with Crippen LogP contribution in [0.5, 0.6) is 0 Å². The van der Waals surface area contributed by atoms with Crippen molar-refractivity contribution in [3.63, 3.8) is 0 Å². The van der Waals surface area contributed by atoms with Crippen molar-refractivity contribution in [3.05, 3.63) is 35.4 Å². The van der Waals surface area contributed by atoms with Crippen LogP contribution in [0, 0.1) is 6.92 Å². The largest absolute Gasteiger partial charge is 0.315 e. The van der Waals surface area contributed by atoms with E-state index in [9.17, 15) is 0 Å². The van der Waals surface area contributed by atoms with Gasteiger partial charge in [-0.25, -0.2) is 0 Å². The minimum atomic E-state index is 0.728. The van der Waals surface area contributed by atoms with Gasteiger partial charge in [-0.1, -0.05) is 36.8 Å². The lowest BCUT2D eigenvalue weighted by Gasteiger charge is -2.26. The van der Waals surface area contributed by atoms with Gasteiger partial charge in [0, 0.05) is 19.1 Å². The molecule has 0 aliphatic carbocycles. The Balaban J connectivity index is 1.97. The molecule has 0 amide bonds. The minimum Gasteiger partial charge on any atom is -0.315 e. The van der Waals surface area contributed by atoms with Crippen LogP contribution < -0.4 is 5.32 Å². The van der Waals surface area contributed by atoms with Crippen LogP contribution in [-0.2, 0) is 6.54 Å². The summed E-state index contributed by atoms with van der Waals surface area (Å²) in [5.41, 5.74) is 2.77. The molecule has 1 saturated heterocycles. The van der Waals surface area contributed by atoms with Gasteiger partial charge in [0.2, 0.25) is 0 Å². The molecule has 2 nitrogen and oxygen atoms in total. The summed E-state index contributed by atoms with van der Waals surface area (Å²) in [7, 11) is 0. The summed E-state index contributed by atoms with van der Waals surface area (Å²) in [5, 5.41) is 3.44. The molecule has 0 radical (unpaired) electrons. The average Bonchev–Trinajstić information content (AvgIpc) is 2.82. The van der Waals surface area contributed by atoms with Gasteiger partial charge in [-0.15, -0.1) is 0 Å². The molecule has 0 saturated carbocycles. The molecule has 1 aliphatic rings. The first-order chi connectivity index (χ1) is 7.79. The quantitative estimate of drug-likeness (QED) is 0.833. The fraction of sp³-hybridized carbons (Fsp3) is 0.571. The Morgan fingerprint density at radius 1 is 1.31 bits per heavy atom. The fourth-order valence-electron chi connectivity index (χ4n) is 2.38. The van der Waals surface area contributed by atoms with Gasteiger partial charge in [0.15, 0.2) is 0 Å². The summed E-state index contributed by atoms with van der Waals surface area (Å²) in [4.78, 5) is 2.57. The number of aryl methyl sites for hydroxylation is 1. The van der Waals surface area contributed by atoms with Crippen LogP contribution in [0.3, 0.4) is 0 Å². The van der Waals surface area contributed by atoms with Crippen molar-refractivity contribution in [1.82, 2.24) is 10.2 Å². The zero-order chi connectivity index (χ0) is 11.4. The monoisotopic (exact) mass is 218 g/mol. The first kappa shape index (κ1) is 11.6. The van der Waals surface area contributed by atoms with Crippen molar-refractivity contribution in [2.45, 2.75) is 32.9 Å². The number of hydrogen-bond acceptors (Lipinski definition) is 2. The Morgan fingerprint density at radius 3 is 2.62 bits per heavy atom. The van der Waals surface area contributed by atoms with Gasteiger partial charge in [-0.2, -0.15) is 0 Å².